The molecule has 1 unspecified atom stereocenters. The Balaban J connectivity index is 2.05. The standard InChI is InChI=1S/C18H28FN/c1-13(14-7-6-8-15(19)9-14)20-16-10-17(2,3)12-18(4,5)11-16/h6-9,13,16,20H,10-12H2,1-5H3. The van der Waals surface area contributed by atoms with Crippen molar-refractivity contribution in [2.45, 2.75) is 66.0 Å². The smallest absolute Gasteiger partial charge is 0.123 e. The predicted molar refractivity (Wildman–Crippen MR) is 83.2 cm³/mol. The molecule has 20 heavy (non-hydrogen) atoms. The van der Waals surface area contributed by atoms with Crippen molar-refractivity contribution in [3.8, 4) is 0 Å². The molecule has 1 saturated carbocycles. The largest absolute Gasteiger partial charge is 0.307 e. The highest BCUT2D eigenvalue weighted by molar-refractivity contribution is 5.19. The minimum atomic E-state index is -0.152. The molecule has 112 valence electrons. The van der Waals surface area contributed by atoms with Crippen molar-refractivity contribution in [2.24, 2.45) is 10.8 Å². The van der Waals surface area contributed by atoms with Crippen LogP contribution in [0, 0.1) is 16.6 Å². The third kappa shape index (κ3) is 4.05. The van der Waals surface area contributed by atoms with Crippen molar-refractivity contribution >= 4 is 0 Å². The number of halogens is 1. The number of hydrogen-bond acceptors (Lipinski definition) is 1. The zero-order chi connectivity index (χ0) is 15.0. The summed E-state index contributed by atoms with van der Waals surface area (Å²) in [6, 6.07) is 7.63. The highest BCUT2D eigenvalue weighted by Crippen LogP contribution is 2.46. The summed E-state index contributed by atoms with van der Waals surface area (Å²) in [7, 11) is 0. The van der Waals surface area contributed by atoms with E-state index >= 15 is 0 Å². The van der Waals surface area contributed by atoms with Crippen molar-refractivity contribution in [1.82, 2.24) is 5.32 Å². The Morgan fingerprint density at radius 3 is 2.30 bits per heavy atom. The normalized spacial score (nSPS) is 23.5. The molecular weight excluding hydrogens is 249 g/mol. The van der Waals surface area contributed by atoms with Gasteiger partial charge >= 0.3 is 0 Å². The zero-order valence-electron chi connectivity index (χ0n) is 13.5. The molecule has 0 spiro atoms. The van der Waals surface area contributed by atoms with Gasteiger partial charge in [0.15, 0.2) is 0 Å². The minimum Gasteiger partial charge on any atom is -0.307 e. The molecule has 0 heterocycles. The van der Waals surface area contributed by atoms with E-state index in [2.05, 4.69) is 39.9 Å². The van der Waals surface area contributed by atoms with Crippen LogP contribution in [0.2, 0.25) is 0 Å². The quantitative estimate of drug-likeness (QED) is 0.812. The first-order chi connectivity index (χ1) is 9.17. The molecule has 1 aliphatic carbocycles. The van der Waals surface area contributed by atoms with Gasteiger partial charge in [0.05, 0.1) is 0 Å². The monoisotopic (exact) mass is 277 g/mol. The first-order valence-electron chi connectivity index (χ1n) is 7.68. The third-order valence-electron chi connectivity index (χ3n) is 4.39. The van der Waals surface area contributed by atoms with Crippen molar-refractivity contribution < 1.29 is 4.39 Å². The molecule has 1 fully saturated rings. The second kappa shape index (κ2) is 5.48. The fourth-order valence-corrected chi connectivity index (χ4v) is 4.19. The molecule has 2 heteroatoms. The summed E-state index contributed by atoms with van der Waals surface area (Å²) < 4.78 is 13.3. The van der Waals surface area contributed by atoms with Crippen molar-refractivity contribution in [2.75, 3.05) is 0 Å². The highest BCUT2D eigenvalue weighted by Gasteiger charge is 2.38. The number of nitrogens with one attached hydrogen (secondary N) is 1. The average Bonchev–Trinajstić information content (AvgIpc) is 2.24. The van der Waals surface area contributed by atoms with Gasteiger partial charge in [0.25, 0.3) is 0 Å². The van der Waals surface area contributed by atoms with Crippen molar-refractivity contribution in [3.63, 3.8) is 0 Å². The van der Waals surface area contributed by atoms with Crippen LogP contribution in [0.1, 0.15) is 65.5 Å². The Labute approximate surface area is 123 Å². The molecule has 1 aromatic rings. The summed E-state index contributed by atoms with van der Waals surface area (Å²) in [6.07, 6.45) is 3.65. The SMILES string of the molecule is CC(NC1CC(C)(C)CC(C)(C)C1)c1cccc(F)c1. The minimum absolute atomic E-state index is 0.152. The molecule has 2 rings (SSSR count). The zero-order valence-corrected chi connectivity index (χ0v) is 13.5. The van der Waals surface area contributed by atoms with Gasteiger partial charge in [0.1, 0.15) is 5.82 Å². The van der Waals surface area contributed by atoms with Crippen LogP contribution in [0.4, 0.5) is 4.39 Å². The van der Waals surface area contributed by atoms with Crippen LogP contribution in [0.3, 0.4) is 0 Å². The van der Waals surface area contributed by atoms with E-state index in [1.54, 1.807) is 12.1 Å². The van der Waals surface area contributed by atoms with Crippen molar-refractivity contribution in [1.29, 1.82) is 0 Å². The summed E-state index contributed by atoms with van der Waals surface area (Å²) in [5, 5.41) is 3.71. The molecule has 1 nitrogen and oxygen atoms in total. The van der Waals surface area contributed by atoms with Crippen LogP contribution in [0.15, 0.2) is 24.3 Å². The first kappa shape index (κ1) is 15.5. The lowest BCUT2D eigenvalue weighted by atomic mass is 9.63. The molecule has 0 saturated heterocycles. The molecule has 1 aliphatic rings. The molecule has 0 aromatic heterocycles. The maximum absolute atomic E-state index is 13.3. The van der Waals surface area contributed by atoms with Gasteiger partial charge in [-0.15, -0.1) is 0 Å². The van der Waals surface area contributed by atoms with Crippen LogP contribution >= 0.6 is 0 Å². The molecule has 0 radical (unpaired) electrons. The van der Waals surface area contributed by atoms with Crippen LogP contribution in [-0.2, 0) is 0 Å². The van der Waals surface area contributed by atoms with E-state index in [0.717, 1.165) is 5.56 Å². The summed E-state index contributed by atoms with van der Waals surface area (Å²) in [5.41, 5.74) is 1.79. The van der Waals surface area contributed by atoms with Gasteiger partial charge in [-0.25, -0.2) is 4.39 Å². The van der Waals surface area contributed by atoms with Gasteiger partial charge in [-0.2, -0.15) is 0 Å². The molecule has 0 aliphatic heterocycles. The fourth-order valence-electron chi connectivity index (χ4n) is 4.19. The van der Waals surface area contributed by atoms with Gasteiger partial charge in [-0.3, -0.25) is 0 Å². The Kier molecular flexibility index (Phi) is 4.24. The third-order valence-corrected chi connectivity index (χ3v) is 4.39. The topological polar surface area (TPSA) is 12.0 Å². The Morgan fingerprint density at radius 2 is 1.75 bits per heavy atom. The van der Waals surface area contributed by atoms with E-state index in [0.29, 0.717) is 16.9 Å². The molecular formula is C18H28FN. The molecule has 0 bridgehead atoms. The molecule has 1 atom stereocenters. The number of hydrogen-bond donors (Lipinski definition) is 1. The Morgan fingerprint density at radius 1 is 1.15 bits per heavy atom. The van der Waals surface area contributed by atoms with Gasteiger partial charge in [0, 0.05) is 12.1 Å². The maximum atomic E-state index is 13.3. The van der Waals surface area contributed by atoms with Gasteiger partial charge < -0.3 is 5.32 Å². The highest BCUT2D eigenvalue weighted by atomic mass is 19.1. The molecule has 1 aromatic carbocycles. The van der Waals surface area contributed by atoms with Crippen molar-refractivity contribution in [3.05, 3.63) is 35.6 Å². The van der Waals surface area contributed by atoms with Crippen LogP contribution in [-0.4, -0.2) is 6.04 Å². The Bertz CT molecular complexity index is 448. The van der Waals surface area contributed by atoms with E-state index < -0.39 is 0 Å². The van der Waals surface area contributed by atoms with E-state index in [4.69, 9.17) is 0 Å². The molecule has 1 N–H and O–H groups in total. The lowest BCUT2D eigenvalue weighted by Gasteiger charge is -2.46. The van der Waals surface area contributed by atoms with E-state index in [-0.39, 0.29) is 11.9 Å². The second-order valence-electron chi connectivity index (χ2n) is 8.05. The fraction of sp³-hybridized carbons (Fsp3) is 0.667. The molecule has 0 amide bonds. The summed E-state index contributed by atoms with van der Waals surface area (Å²) in [4.78, 5) is 0. The maximum Gasteiger partial charge on any atom is 0.123 e. The average molecular weight is 277 g/mol. The second-order valence-corrected chi connectivity index (χ2v) is 8.05. The van der Waals surface area contributed by atoms with E-state index in [1.807, 2.05) is 6.07 Å². The summed E-state index contributed by atoms with van der Waals surface area (Å²) in [5.74, 6) is -0.152. The lowest BCUT2D eigenvalue weighted by Crippen LogP contribution is -2.44. The number of rotatable bonds is 3. The predicted octanol–water partition coefficient (Wildman–Crippen LogP) is 5.08. The van der Waals surface area contributed by atoms with Crippen LogP contribution in [0.5, 0.6) is 0 Å². The lowest BCUT2D eigenvalue weighted by molar-refractivity contribution is 0.0811. The van der Waals surface area contributed by atoms with Crippen LogP contribution < -0.4 is 5.32 Å². The summed E-state index contributed by atoms with van der Waals surface area (Å²) >= 11 is 0. The van der Waals surface area contributed by atoms with Crippen LogP contribution in [0.25, 0.3) is 0 Å². The summed E-state index contributed by atoms with van der Waals surface area (Å²) in [6.45, 7) is 11.6. The van der Waals surface area contributed by atoms with Gasteiger partial charge in [0.2, 0.25) is 0 Å². The van der Waals surface area contributed by atoms with Gasteiger partial charge in [-0.1, -0.05) is 39.8 Å². The van der Waals surface area contributed by atoms with E-state index in [1.165, 1.54) is 25.3 Å². The van der Waals surface area contributed by atoms with E-state index in [9.17, 15) is 4.39 Å². The Hall–Kier alpha value is -0.890. The first-order valence-corrected chi connectivity index (χ1v) is 7.68. The van der Waals surface area contributed by atoms with Gasteiger partial charge in [-0.05, 0) is 54.7 Å². The number of benzene rings is 1.